The van der Waals surface area contributed by atoms with Crippen molar-refractivity contribution in [1.82, 2.24) is 15.2 Å². The van der Waals surface area contributed by atoms with E-state index in [4.69, 9.17) is 4.74 Å². The van der Waals surface area contributed by atoms with E-state index in [2.05, 4.69) is 10.3 Å². The fraction of sp³-hybridized carbons (Fsp3) is 0.700. The molecule has 1 aromatic heterocycles. The summed E-state index contributed by atoms with van der Waals surface area (Å²) in [6.45, 7) is 3.86. The summed E-state index contributed by atoms with van der Waals surface area (Å²) >= 11 is 0. The van der Waals surface area contributed by atoms with Gasteiger partial charge in [-0.3, -0.25) is 4.79 Å². The van der Waals surface area contributed by atoms with Crippen molar-refractivity contribution in [2.75, 3.05) is 26.2 Å². The minimum Gasteiger partial charge on any atom is -0.474 e. The molecule has 2 aliphatic heterocycles. The van der Waals surface area contributed by atoms with Crippen molar-refractivity contribution in [3.8, 4) is 5.88 Å². The van der Waals surface area contributed by atoms with Gasteiger partial charge in [0.05, 0.1) is 0 Å². The van der Waals surface area contributed by atoms with Gasteiger partial charge >= 0.3 is 0 Å². The van der Waals surface area contributed by atoms with Crippen LogP contribution in [0.5, 0.6) is 5.88 Å². The smallest absolute Gasteiger partial charge is 0.254 e. The summed E-state index contributed by atoms with van der Waals surface area (Å²) in [5.74, 6) is 0.730. The Balaban J connectivity index is 1.43. The van der Waals surface area contributed by atoms with E-state index in [0.717, 1.165) is 45.4 Å². The molecule has 1 amide bonds. The molecule has 1 unspecified atom stereocenters. The van der Waals surface area contributed by atoms with Crippen molar-refractivity contribution in [1.29, 1.82) is 0 Å². The molecule has 2 saturated heterocycles. The van der Waals surface area contributed by atoms with E-state index in [1.54, 1.807) is 6.20 Å². The van der Waals surface area contributed by atoms with Gasteiger partial charge < -0.3 is 15.0 Å². The Morgan fingerprint density at radius 3 is 2.92 bits per heavy atom. The average Bonchev–Trinajstić information content (AvgIpc) is 3.10. The molecule has 0 radical (unpaired) electrons. The first-order valence-corrected chi connectivity index (χ1v) is 9.87. The van der Waals surface area contributed by atoms with Gasteiger partial charge in [0.25, 0.3) is 5.91 Å². The Morgan fingerprint density at radius 2 is 2.12 bits per heavy atom. The maximum Gasteiger partial charge on any atom is 0.254 e. The average molecular weight is 343 g/mol. The lowest BCUT2D eigenvalue weighted by Crippen LogP contribution is -2.47. The van der Waals surface area contributed by atoms with Gasteiger partial charge in [-0.15, -0.1) is 0 Å². The number of nitrogens with zero attached hydrogens (tertiary/aromatic N) is 2. The van der Waals surface area contributed by atoms with Crippen LogP contribution in [0.1, 0.15) is 61.7 Å². The first-order chi connectivity index (χ1) is 12.2. The Labute approximate surface area is 150 Å². The number of aromatic nitrogens is 1. The van der Waals surface area contributed by atoms with E-state index in [0.29, 0.717) is 16.9 Å². The summed E-state index contributed by atoms with van der Waals surface area (Å²) in [5.41, 5.74) is 1.01. The third kappa shape index (κ3) is 3.81. The first-order valence-electron chi connectivity index (χ1n) is 9.87. The molecule has 0 bridgehead atoms. The highest BCUT2D eigenvalue weighted by Crippen LogP contribution is 2.36. The van der Waals surface area contributed by atoms with E-state index < -0.39 is 0 Å². The molecule has 5 heteroatoms. The number of piperidine rings is 1. The Bertz CT molecular complexity index is 607. The maximum atomic E-state index is 13.0. The highest BCUT2D eigenvalue weighted by Gasteiger charge is 2.39. The topological polar surface area (TPSA) is 54.5 Å². The van der Waals surface area contributed by atoms with Crippen LogP contribution in [0.2, 0.25) is 0 Å². The molecule has 0 aromatic carbocycles. The van der Waals surface area contributed by atoms with E-state index >= 15 is 0 Å². The van der Waals surface area contributed by atoms with E-state index in [1.165, 1.54) is 32.1 Å². The monoisotopic (exact) mass is 343 g/mol. The van der Waals surface area contributed by atoms with Crippen LogP contribution in [0.3, 0.4) is 0 Å². The predicted octanol–water partition coefficient (Wildman–Crippen LogP) is 3.01. The number of hydrogen-bond donors (Lipinski definition) is 1. The van der Waals surface area contributed by atoms with Gasteiger partial charge in [0, 0.05) is 42.9 Å². The largest absolute Gasteiger partial charge is 0.474 e. The molecule has 136 valence electrons. The minimum atomic E-state index is 0.127. The van der Waals surface area contributed by atoms with Crippen molar-refractivity contribution < 1.29 is 9.53 Å². The number of nitrogens with one attached hydrogen (secondary N) is 1. The molecule has 3 aliphatic rings. The maximum absolute atomic E-state index is 13.0. The van der Waals surface area contributed by atoms with Crippen molar-refractivity contribution in [2.24, 2.45) is 5.41 Å². The summed E-state index contributed by atoms with van der Waals surface area (Å²) in [6, 6.07) is 3.66. The van der Waals surface area contributed by atoms with Gasteiger partial charge in [-0.25, -0.2) is 4.98 Å². The third-order valence-electron chi connectivity index (χ3n) is 6.10. The zero-order chi connectivity index (χ0) is 17.1. The molecule has 4 rings (SSSR count). The van der Waals surface area contributed by atoms with Crippen LogP contribution in [0.4, 0.5) is 0 Å². The highest BCUT2D eigenvalue weighted by atomic mass is 16.5. The zero-order valence-electron chi connectivity index (χ0n) is 15.0. The fourth-order valence-corrected chi connectivity index (χ4v) is 4.67. The van der Waals surface area contributed by atoms with Gasteiger partial charge in [0.1, 0.15) is 6.10 Å². The van der Waals surface area contributed by atoms with Crippen molar-refractivity contribution in [3.05, 3.63) is 23.9 Å². The minimum absolute atomic E-state index is 0.127. The molecule has 1 aliphatic carbocycles. The normalized spacial score (nSPS) is 27.6. The highest BCUT2D eigenvalue weighted by molar-refractivity contribution is 5.94. The lowest BCUT2D eigenvalue weighted by Gasteiger charge is -2.40. The van der Waals surface area contributed by atoms with Gasteiger partial charge in [0.2, 0.25) is 5.88 Å². The summed E-state index contributed by atoms with van der Waals surface area (Å²) in [7, 11) is 0. The number of likely N-dealkylation sites (tertiary alicyclic amines) is 1. The Morgan fingerprint density at radius 1 is 1.24 bits per heavy atom. The number of ether oxygens (including phenoxy) is 1. The van der Waals surface area contributed by atoms with Gasteiger partial charge in [0.15, 0.2) is 0 Å². The lowest BCUT2D eigenvalue weighted by atomic mass is 9.79. The zero-order valence-corrected chi connectivity index (χ0v) is 15.0. The molecule has 3 heterocycles. The molecule has 25 heavy (non-hydrogen) atoms. The quantitative estimate of drug-likeness (QED) is 0.917. The van der Waals surface area contributed by atoms with Gasteiger partial charge in [-0.1, -0.05) is 6.42 Å². The Kier molecular flexibility index (Phi) is 4.93. The lowest BCUT2D eigenvalue weighted by molar-refractivity contribution is 0.0552. The molecule has 1 aromatic rings. The number of carbonyl (C=O) groups is 1. The number of rotatable bonds is 3. The van der Waals surface area contributed by atoms with Crippen LogP contribution in [0, 0.1) is 5.41 Å². The van der Waals surface area contributed by atoms with Crippen LogP contribution in [-0.4, -0.2) is 48.1 Å². The van der Waals surface area contributed by atoms with Gasteiger partial charge in [-0.2, -0.15) is 0 Å². The molecule has 5 nitrogen and oxygen atoms in total. The second-order valence-electron chi connectivity index (χ2n) is 8.02. The van der Waals surface area contributed by atoms with Gasteiger partial charge in [-0.05, 0) is 57.6 Å². The molecule has 1 spiro atoms. The number of carbonyl (C=O) groups excluding carboxylic acids is 1. The second kappa shape index (κ2) is 7.32. The summed E-state index contributed by atoms with van der Waals surface area (Å²) in [5, 5.41) is 3.47. The van der Waals surface area contributed by atoms with E-state index in [-0.39, 0.29) is 12.0 Å². The first kappa shape index (κ1) is 16.8. The van der Waals surface area contributed by atoms with Crippen LogP contribution in [0.15, 0.2) is 18.3 Å². The predicted molar refractivity (Wildman–Crippen MR) is 96.8 cm³/mol. The number of hydrogen-bond acceptors (Lipinski definition) is 4. The molecule has 3 fully saturated rings. The van der Waals surface area contributed by atoms with Crippen LogP contribution < -0.4 is 10.1 Å². The van der Waals surface area contributed by atoms with E-state index in [9.17, 15) is 4.79 Å². The summed E-state index contributed by atoms with van der Waals surface area (Å²) in [4.78, 5) is 19.4. The molecule has 1 N–H and O–H groups in total. The molecular weight excluding hydrogens is 314 g/mol. The number of pyridine rings is 1. The molecular formula is C20H29N3O2. The summed E-state index contributed by atoms with van der Waals surface area (Å²) < 4.78 is 6.03. The fourth-order valence-electron chi connectivity index (χ4n) is 4.67. The van der Waals surface area contributed by atoms with Crippen molar-refractivity contribution in [2.45, 2.75) is 57.5 Å². The standard InChI is InChI=1S/C20H29N3O2/c24-19(23-12-4-8-20(15-23)9-11-21-14-20)16-7-10-22-18(13-16)25-17-5-2-1-3-6-17/h7,10,13,17,21H,1-6,8-9,11-12,14-15H2. The van der Waals surface area contributed by atoms with E-state index in [1.807, 2.05) is 17.0 Å². The van der Waals surface area contributed by atoms with Crippen molar-refractivity contribution in [3.63, 3.8) is 0 Å². The van der Waals surface area contributed by atoms with Crippen LogP contribution >= 0.6 is 0 Å². The van der Waals surface area contributed by atoms with Crippen molar-refractivity contribution >= 4 is 5.91 Å². The summed E-state index contributed by atoms with van der Waals surface area (Å²) in [6.07, 6.45) is 11.4. The SMILES string of the molecule is O=C(c1ccnc(OC2CCCCC2)c1)N1CCCC2(CCNC2)C1. The van der Waals surface area contributed by atoms with Crippen LogP contribution in [-0.2, 0) is 0 Å². The van der Waals surface area contributed by atoms with Crippen LogP contribution in [0.25, 0.3) is 0 Å². The number of amides is 1. The molecule has 1 atom stereocenters. The third-order valence-corrected chi connectivity index (χ3v) is 6.10. The molecule has 1 saturated carbocycles. The second-order valence-corrected chi connectivity index (χ2v) is 8.02. The Hall–Kier alpha value is -1.62.